The Labute approximate surface area is 192 Å². The number of hydrogen-bond donors (Lipinski definition) is 1. The second-order valence-electron chi connectivity index (χ2n) is 8.49. The molecule has 3 aromatic heterocycles. The summed E-state index contributed by atoms with van der Waals surface area (Å²) in [5, 5.41) is 3.71. The minimum Gasteiger partial charge on any atom is -0.491 e. The Morgan fingerprint density at radius 2 is 2.18 bits per heavy atom. The summed E-state index contributed by atoms with van der Waals surface area (Å²) >= 11 is 0. The van der Waals surface area contributed by atoms with Crippen LogP contribution in [0.2, 0.25) is 0 Å². The molecule has 5 rings (SSSR count). The largest absolute Gasteiger partial charge is 0.491 e. The third kappa shape index (κ3) is 3.96. The van der Waals surface area contributed by atoms with E-state index in [1.807, 2.05) is 29.9 Å². The molecule has 1 N–H and O–H groups in total. The smallest absolute Gasteiger partial charge is 0.222 e. The molecule has 9 heteroatoms. The molecular formula is C24H28N4O5. The maximum atomic E-state index is 11.6. The first-order valence-electron chi connectivity index (χ1n) is 11.1. The molecule has 0 radical (unpaired) electrons. The van der Waals surface area contributed by atoms with E-state index in [9.17, 15) is 4.79 Å². The molecule has 0 saturated carbocycles. The summed E-state index contributed by atoms with van der Waals surface area (Å²) < 4.78 is 25.3. The van der Waals surface area contributed by atoms with Crippen LogP contribution in [0.4, 0.5) is 5.82 Å². The molecular weight excluding hydrogens is 424 g/mol. The van der Waals surface area contributed by atoms with Crippen molar-refractivity contribution in [2.24, 2.45) is 7.05 Å². The summed E-state index contributed by atoms with van der Waals surface area (Å²) in [5.74, 6) is 1.14. The molecule has 1 fully saturated rings. The van der Waals surface area contributed by atoms with Crippen molar-refractivity contribution < 1.29 is 23.7 Å². The van der Waals surface area contributed by atoms with Crippen LogP contribution in [0, 0.1) is 0 Å². The number of hydrogen-bond acceptors (Lipinski definition) is 7. The number of carbonyl (C=O) groups excluding carboxylic acids is 1. The molecule has 1 spiro atoms. The molecule has 1 amide bonds. The summed E-state index contributed by atoms with van der Waals surface area (Å²) in [7, 11) is 3.63. The lowest BCUT2D eigenvalue weighted by molar-refractivity contribution is -0.114. The number of pyridine rings is 2. The number of aromatic nitrogens is 3. The fourth-order valence-corrected chi connectivity index (χ4v) is 4.66. The summed E-state index contributed by atoms with van der Waals surface area (Å²) in [4.78, 5) is 21.0. The number of rotatable bonds is 6. The summed E-state index contributed by atoms with van der Waals surface area (Å²) in [6, 6.07) is 3.88. The lowest BCUT2D eigenvalue weighted by atomic mass is 9.89. The van der Waals surface area contributed by atoms with Crippen LogP contribution >= 0.6 is 0 Å². The second-order valence-corrected chi connectivity index (χ2v) is 8.49. The fourth-order valence-electron chi connectivity index (χ4n) is 4.66. The maximum absolute atomic E-state index is 11.6. The Kier molecular flexibility index (Phi) is 5.77. The monoisotopic (exact) mass is 452 g/mol. The first kappa shape index (κ1) is 21.8. The standard InChI is InChI=1S/C24H28N4O5/c1-15(29)26-22-10-17-18(13-28(2)20(17)12-25-22)19-11-21(32-9-8-30-3)16-4-6-33-24(23(16)27-19)5-7-31-14-24/h10-13H,4-9,14H2,1-3H3,(H,25,26,29). The van der Waals surface area contributed by atoms with Gasteiger partial charge in [-0.15, -0.1) is 0 Å². The number of carbonyl (C=O) groups is 1. The quantitative estimate of drug-likeness (QED) is 0.575. The zero-order valence-electron chi connectivity index (χ0n) is 19.1. The van der Waals surface area contributed by atoms with E-state index in [0.717, 1.165) is 52.0 Å². The van der Waals surface area contributed by atoms with E-state index >= 15 is 0 Å². The fraction of sp³-hybridized carbons (Fsp3) is 0.458. The molecule has 0 aromatic carbocycles. The average Bonchev–Trinajstić information content (AvgIpc) is 3.39. The van der Waals surface area contributed by atoms with Crippen molar-refractivity contribution in [1.29, 1.82) is 0 Å². The number of ether oxygens (including phenoxy) is 4. The van der Waals surface area contributed by atoms with Gasteiger partial charge < -0.3 is 28.8 Å². The lowest BCUT2D eigenvalue weighted by Crippen LogP contribution is -2.37. The van der Waals surface area contributed by atoms with E-state index in [0.29, 0.717) is 38.9 Å². The van der Waals surface area contributed by atoms with Gasteiger partial charge >= 0.3 is 0 Å². The Morgan fingerprint density at radius 1 is 1.30 bits per heavy atom. The van der Waals surface area contributed by atoms with Gasteiger partial charge in [0.1, 0.15) is 23.8 Å². The molecule has 0 bridgehead atoms. The van der Waals surface area contributed by atoms with Gasteiger partial charge in [-0.05, 0) is 6.07 Å². The van der Waals surface area contributed by atoms with E-state index in [-0.39, 0.29) is 5.91 Å². The Morgan fingerprint density at radius 3 is 2.94 bits per heavy atom. The molecule has 174 valence electrons. The number of nitrogens with zero attached hydrogens (tertiary/aromatic N) is 3. The van der Waals surface area contributed by atoms with Crippen molar-refractivity contribution in [2.45, 2.75) is 25.4 Å². The molecule has 0 aliphatic carbocycles. The second kappa shape index (κ2) is 8.74. The zero-order chi connectivity index (χ0) is 23.0. The van der Waals surface area contributed by atoms with Crippen LogP contribution in [0.5, 0.6) is 5.75 Å². The van der Waals surface area contributed by atoms with Gasteiger partial charge in [0.05, 0.1) is 42.9 Å². The molecule has 1 unspecified atom stereocenters. The normalized spacial score (nSPS) is 19.7. The van der Waals surface area contributed by atoms with Crippen molar-refractivity contribution >= 4 is 22.6 Å². The van der Waals surface area contributed by atoms with Crippen molar-refractivity contribution in [2.75, 3.05) is 45.5 Å². The first-order chi connectivity index (χ1) is 16.0. The predicted octanol–water partition coefficient (Wildman–Crippen LogP) is 2.81. The van der Waals surface area contributed by atoms with Crippen molar-refractivity contribution in [3.63, 3.8) is 0 Å². The highest BCUT2D eigenvalue weighted by molar-refractivity contribution is 5.98. The first-order valence-corrected chi connectivity index (χ1v) is 11.1. The molecule has 5 heterocycles. The highest BCUT2D eigenvalue weighted by Gasteiger charge is 2.44. The molecule has 2 aliphatic rings. The summed E-state index contributed by atoms with van der Waals surface area (Å²) in [5.41, 5.74) is 4.08. The number of amides is 1. The van der Waals surface area contributed by atoms with Gasteiger partial charge in [0.2, 0.25) is 5.91 Å². The molecule has 1 saturated heterocycles. The predicted molar refractivity (Wildman–Crippen MR) is 122 cm³/mol. The van der Waals surface area contributed by atoms with Crippen molar-refractivity contribution in [3.8, 4) is 17.0 Å². The number of methoxy groups -OCH3 is 1. The van der Waals surface area contributed by atoms with Gasteiger partial charge in [-0.2, -0.15) is 0 Å². The SMILES string of the molecule is COCCOc1cc(-c2cn(C)c3cnc(NC(C)=O)cc23)nc2c1CCOC21CCOC1. The van der Waals surface area contributed by atoms with Gasteiger partial charge in [-0.1, -0.05) is 0 Å². The molecule has 1 atom stereocenters. The molecule has 33 heavy (non-hydrogen) atoms. The van der Waals surface area contributed by atoms with Gasteiger partial charge in [0.15, 0.2) is 0 Å². The number of fused-ring (bicyclic) bond motifs is 3. The number of aryl methyl sites for hydroxylation is 1. The minimum absolute atomic E-state index is 0.166. The van der Waals surface area contributed by atoms with Crippen molar-refractivity contribution in [1.82, 2.24) is 14.5 Å². The van der Waals surface area contributed by atoms with Crippen LogP contribution in [-0.4, -0.2) is 60.6 Å². The van der Waals surface area contributed by atoms with E-state index in [1.165, 1.54) is 6.92 Å². The van der Waals surface area contributed by atoms with E-state index in [2.05, 4.69) is 10.3 Å². The van der Waals surface area contributed by atoms with E-state index < -0.39 is 5.60 Å². The summed E-state index contributed by atoms with van der Waals surface area (Å²) in [6.45, 7) is 4.15. The van der Waals surface area contributed by atoms with Crippen LogP contribution in [0.25, 0.3) is 22.2 Å². The van der Waals surface area contributed by atoms with Crippen LogP contribution in [0.15, 0.2) is 24.5 Å². The average molecular weight is 453 g/mol. The van der Waals surface area contributed by atoms with Gasteiger partial charge in [0, 0.05) is 69.3 Å². The third-order valence-electron chi connectivity index (χ3n) is 6.23. The molecule has 9 nitrogen and oxygen atoms in total. The minimum atomic E-state index is -0.545. The maximum Gasteiger partial charge on any atom is 0.222 e. The Bertz CT molecular complexity index is 1200. The van der Waals surface area contributed by atoms with Crippen LogP contribution in [-0.2, 0) is 38.1 Å². The Hall–Kier alpha value is -3.01. The van der Waals surface area contributed by atoms with Gasteiger partial charge in [-0.3, -0.25) is 4.79 Å². The van der Waals surface area contributed by atoms with Crippen LogP contribution in [0.3, 0.4) is 0 Å². The molecule has 2 aliphatic heterocycles. The van der Waals surface area contributed by atoms with Gasteiger partial charge in [-0.25, -0.2) is 9.97 Å². The lowest BCUT2D eigenvalue weighted by Gasteiger charge is -2.34. The Balaban J connectivity index is 1.67. The van der Waals surface area contributed by atoms with Crippen LogP contribution < -0.4 is 10.1 Å². The topological polar surface area (TPSA) is 96.7 Å². The third-order valence-corrected chi connectivity index (χ3v) is 6.23. The van der Waals surface area contributed by atoms with Gasteiger partial charge in [0.25, 0.3) is 0 Å². The highest BCUT2D eigenvalue weighted by Crippen LogP contribution is 2.44. The highest BCUT2D eigenvalue weighted by atomic mass is 16.6. The number of anilines is 1. The van der Waals surface area contributed by atoms with Crippen LogP contribution in [0.1, 0.15) is 24.6 Å². The zero-order valence-corrected chi connectivity index (χ0v) is 19.1. The van der Waals surface area contributed by atoms with E-state index in [4.69, 9.17) is 23.9 Å². The van der Waals surface area contributed by atoms with E-state index in [1.54, 1.807) is 13.3 Å². The van der Waals surface area contributed by atoms with Crippen molar-refractivity contribution in [3.05, 3.63) is 35.8 Å². The number of nitrogens with one attached hydrogen (secondary N) is 1. The summed E-state index contributed by atoms with van der Waals surface area (Å²) in [6.07, 6.45) is 5.28. The molecule has 3 aromatic rings.